The Balaban J connectivity index is 1.56. The van der Waals surface area contributed by atoms with Crippen LogP contribution >= 0.6 is 0 Å². The number of benzene rings is 1. The van der Waals surface area contributed by atoms with Crippen LogP contribution in [-0.2, 0) is 9.59 Å². The lowest BCUT2D eigenvalue weighted by Crippen LogP contribution is -2.66. The van der Waals surface area contributed by atoms with Crippen LogP contribution in [0, 0.1) is 6.92 Å². The molecule has 2 aliphatic rings. The van der Waals surface area contributed by atoms with Gasteiger partial charge in [0.2, 0.25) is 11.8 Å². The zero-order valence-corrected chi connectivity index (χ0v) is 15.3. The van der Waals surface area contributed by atoms with Crippen molar-refractivity contribution in [3.8, 4) is 11.4 Å². The Morgan fingerprint density at radius 2 is 1.93 bits per heavy atom. The normalized spacial score (nSPS) is 20.1. The summed E-state index contributed by atoms with van der Waals surface area (Å²) >= 11 is 0. The van der Waals surface area contributed by atoms with E-state index in [9.17, 15) is 14.4 Å². The van der Waals surface area contributed by atoms with Crippen molar-refractivity contribution in [1.82, 2.24) is 24.7 Å². The molecule has 4 rings (SSSR count). The van der Waals surface area contributed by atoms with Gasteiger partial charge >= 0.3 is 0 Å². The summed E-state index contributed by atoms with van der Waals surface area (Å²) in [5, 5.41) is 0. The number of piperazine rings is 2. The van der Waals surface area contributed by atoms with Gasteiger partial charge in [-0.05, 0) is 6.92 Å². The second kappa shape index (κ2) is 6.53. The lowest BCUT2D eigenvalue weighted by Gasteiger charge is -2.45. The second-order valence-electron chi connectivity index (χ2n) is 6.97. The number of fused-ring (bicyclic) bond motifs is 1. The minimum atomic E-state index is -0.609. The Hall–Kier alpha value is -3.16. The van der Waals surface area contributed by atoms with Crippen LogP contribution in [0.2, 0.25) is 0 Å². The molecule has 0 saturated carbocycles. The van der Waals surface area contributed by atoms with Crippen LogP contribution in [0.1, 0.15) is 16.2 Å². The van der Waals surface area contributed by atoms with E-state index in [1.165, 1.54) is 4.90 Å². The van der Waals surface area contributed by atoms with Crippen LogP contribution in [0.4, 0.5) is 0 Å². The summed E-state index contributed by atoms with van der Waals surface area (Å²) in [7, 11) is 1.61. The highest BCUT2D eigenvalue weighted by atomic mass is 16.2. The maximum Gasteiger partial charge on any atom is 0.274 e. The topological polar surface area (TPSA) is 89.6 Å². The van der Waals surface area contributed by atoms with Gasteiger partial charge in [-0.3, -0.25) is 14.4 Å². The van der Waals surface area contributed by atoms with E-state index >= 15 is 0 Å². The number of imidazole rings is 1. The third-order valence-electron chi connectivity index (χ3n) is 5.16. The molecule has 2 saturated heterocycles. The maximum absolute atomic E-state index is 13.0. The van der Waals surface area contributed by atoms with Gasteiger partial charge in [0.15, 0.2) is 0 Å². The number of amides is 3. The summed E-state index contributed by atoms with van der Waals surface area (Å²) in [6.07, 6.45) is 0. The van der Waals surface area contributed by atoms with Gasteiger partial charge in [-0.15, -0.1) is 0 Å². The largest absolute Gasteiger partial charge is 0.341 e. The first-order valence-corrected chi connectivity index (χ1v) is 8.91. The first-order valence-electron chi connectivity index (χ1n) is 8.91. The number of nitrogens with one attached hydrogen (secondary N) is 1. The minimum Gasteiger partial charge on any atom is -0.341 e. The summed E-state index contributed by atoms with van der Waals surface area (Å²) in [5.41, 5.74) is 1.94. The number of carbonyl (C=O) groups is 3. The Kier molecular flexibility index (Phi) is 4.18. The molecule has 1 aromatic heterocycles. The molecule has 1 atom stereocenters. The van der Waals surface area contributed by atoms with Crippen molar-refractivity contribution in [2.24, 2.45) is 0 Å². The standard InChI is InChI=1S/C19H21N5O3/c1-12-16(21-17(20-12)13-6-4-3-5-7-13)19(27)23-8-9-24-14(10-23)18(26)22(2)11-15(24)25/h3-7,14H,8-11H2,1-2H3,(H,20,21). The quantitative estimate of drug-likeness (QED) is 0.838. The molecule has 0 aliphatic carbocycles. The molecule has 2 fully saturated rings. The molecule has 2 aliphatic heterocycles. The molecular formula is C19H21N5O3. The van der Waals surface area contributed by atoms with Crippen molar-refractivity contribution in [2.75, 3.05) is 33.2 Å². The average Bonchev–Trinajstić information content (AvgIpc) is 3.07. The van der Waals surface area contributed by atoms with E-state index in [-0.39, 0.29) is 30.8 Å². The lowest BCUT2D eigenvalue weighted by molar-refractivity contribution is -0.157. The van der Waals surface area contributed by atoms with Gasteiger partial charge in [0.1, 0.15) is 17.6 Å². The first kappa shape index (κ1) is 17.3. The van der Waals surface area contributed by atoms with E-state index in [0.29, 0.717) is 30.3 Å². The Morgan fingerprint density at radius 3 is 2.67 bits per heavy atom. The SMILES string of the molecule is Cc1[nH]c(-c2ccccc2)nc1C(=O)N1CCN2C(=O)CN(C)C(=O)C2C1. The fourth-order valence-electron chi connectivity index (χ4n) is 3.65. The van der Waals surface area contributed by atoms with Crippen LogP contribution in [-0.4, -0.2) is 81.7 Å². The fourth-order valence-corrected chi connectivity index (χ4v) is 3.65. The predicted octanol–water partition coefficient (Wildman–Crippen LogP) is 0.510. The zero-order valence-electron chi connectivity index (χ0n) is 15.3. The minimum absolute atomic E-state index is 0.0727. The molecule has 8 nitrogen and oxygen atoms in total. The van der Waals surface area contributed by atoms with Crippen molar-refractivity contribution in [1.29, 1.82) is 0 Å². The van der Waals surface area contributed by atoms with Crippen LogP contribution in [0.25, 0.3) is 11.4 Å². The van der Waals surface area contributed by atoms with E-state index in [1.807, 2.05) is 37.3 Å². The molecule has 0 spiro atoms. The third kappa shape index (κ3) is 2.97. The summed E-state index contributed by atoms with van der Waals surface area (Å²) in [5.74, 6) is 0.213. The van der Waals surface area contributed by atoms with E-state index < -0.39 is 6.04 Å². The molecule has 140 valence electrons. The number of carbonyl (C=O) groups excluding carboxylic acids is 3. The van der Waals surface area contributed by atoms with E-state index in [0.717, 1.165) is 5.56 Å². The second-order valence-corrected chi connectivity index (χ2v) is 6.97. The number of hydrogen-bond donors (Lipinski definition) is 1. The monoisotopic (exact) mass is 367 g/mol. The molecular weight excluding hydrogens is 346 g/mol. The van der Waals surface area contributed by atoms with Crippen LogP contribution < -0.4 is 0 Å². The van der Waals surface area contributed by atoms with E-state index in [4.69, 9.17) is 0 Å². The van der Waals surface area contributed by atoms with Crippen LogP contribution in [0.5, 0.6) is 0 Å². The Bertz CT molecular complexity index is 907. The molecule has 1 aromatic carbocycles. The molecule has 2 aromatic rings. The van der Waals surface area contributed by atoms with Gasteiger partial charge in [0, 0.05) is 31.4 Å². The van der Waals surface area contributed by atoms with Gasteiger partial charge in [-0.1, -0.05) is 30.3 Å². The Morgan fingerprint density at radius 1 is 1.19 bits per heavy atom. The van der Waals surface area contributed by atoms with Gasteiger partial charge in [0.25, 0.3) is 5.91 Å². The summed E-state index contributed by atoms with van der Waals surface area (Å²) < 4.78 is 0. The van der Waals surface area contributed by atoms with E-state index in [1.54, 1.807) is 16.8 Å². The lowest BCUT2D eigenvalue weighted by atomic mass is 10.1. The summed E-state index contributed by atoms with van der Waals surface area (Å²) in [6, 6.07) is 8.99. The highest BCUT2D eigenvalue weighted by molar-refractivity contribution is 5.97. The molecule has 0 radical (unpaired) electrons. The smallest absolute Gasteiger partial charge is 0.274 e. The molecule has 27 heavy (non-hydrogen) atoms. The number of rotatable bonds is 2. The van der Waals surface area contributed by atoms with Gasteiger partial charge < -0.3 is 19.7 Å². The predicted molar refractivity (Wildman–Crippen MR) is 97.8 cm³/mol. The number of nitrogens with zero attached hydrogens (tertiary/aromatic N) is 4. The maximum atomic E-state index is 13.0. The Labute approximate surface area is 156 Å². The highest BCUT2D eigenvalue weighted by Gasteiger charge is 2.42. The van der Waals surface area contributed by atoms with Crippen molar-refractivity contribution in [2.45, 2.75) is 13.0 Å². The number of aromatic nitrogens is 2. The number of likely N-dealkylation sites (N-methyl/N-ethyl adjacent to an activating group) is 1. The number of hydrogen-bond acceptors (Lipinski definition) is 4. The summed E-state index contributed by atoms with van der Waals surface area (Å²) in [6.45, 7) is 2.86. The molecule has 1 N–H and O–H groups in total. The third-order valence-corrected chi connectivity index (χ3v) is 5.16. The number of aromatic amines is 1. The van der Waals surface area contributed by atoms with Gasteiger partial charge in [-0.2, -0.15) is 0 Å². The molecule has 0 bridgehead atoms. The molecule has 3 amide bonds. The van der Waals surface area contributed by atoms with Crippen molar-refractivity contribution in [3.63, 3.8) is 0 Å². The highest BCUT2D eigenvalue weighted by Crippen LogP contribution is 2.22. The zero-order chi connectivity index (χ0) is 19.1. The van der Waals surface area contributed by atoms with Gasteiger partial charge in [0.05, 0.1) is 13.1 Å². The summed E-state index contributed by atoms with van der Waals surface area (Å²) in [4.78, 5) is 49.9. The van der Waals surface area contributed by atoms with Crippen LogP contribution in [0.3, 0.4) is 0 Å². The number of aryl methyl sites for hydroxylation is 1. The fraction of sp³-hybridized carbons (Fsp3) is 0.368. The molecule has 8 heteroatoms. The van der Waals surface area contributed by atoms with Crippen LogP contribution in [0.15, 0.2) is 30.3 Å². The average molecular weight is 367 g/mol. The van der Waals surface area contributed by atoms with Crippen molar-refractivity contribution in [3.05, 3.63) is 41.7 Å². The van der Waals surface area contributed by atoms with Crippen molar-refractivity contribution < 1.29 is 14.4 Å². The van der Waals surface area contributed by atoms with Gasteiger partial charge in [-0.25, -0.2) is 4.98 Å². The van der Waals surface area contributed by atoms with E-state index in [2.05, 4.69) is 9.97 Å². The number of H-pyrrole nitrogens is 1. The first-order chi connectivity index (χ1) is 13.0. The van der Waals surface area contributed by atoms with Crippen molar-refractivity contribution >= 4 is 17.7 Å². The molecule has 1 unspecified atom stereocenters. The molecule has 3 heterocycles.